The Morgan fingerprint density at radius 2 is 2.06 bits per heavy atom. The normalized spacial score (nSPS) is 11.3. The summed E-state index contributed by atoms with van der Waals surface area (Å²) in [6.45, 7) is 2.37. The number of ether oxygens (including phenoxy) is 1. The van der Waals surface area contributed by atoms with Crippen LogP contribution >= 0.6 is 11.6 Å². The van der Waals surface area contributed by atoms with Crippen LogP contribution in [0.2, 0.25) is 0 Å². The van der Waals surface area contributed by atoms with E-state index in [1.165, 1.54) is 0 Å². The first-order chi connectivity index (χ1) is 8.17. The predicted molar refractivity (Wildman–Crippen MR) is 69.0 cm³/mol. The van der Waals surface area contributed by atoms with E-state index in [1.807, 2.05) is 6.92 Å². The number of hydrogen-bond donors (Lipinski definition) is 1. The molecule has 0 heterocycles. The number of halogens is 1. The van der Waals surface area contributed by atoms with E-state index < -0.39 is 0 Å². The molecule has 17 heavy (non-hydrogen) atoms. The molecule has 0 amide bonds. The van der Waals surface area contributed by atoms with Crippen LogP contribution in [0.3, 0.4) is 0 Å². The fourth-order valence-electron chi connectivity index (χ4n) is 1.15. The molecule has 0 saturated heterocycles. The molecule has 92 valence electrons. The molecule has 5 heteroatoms. The van der Waals surface area contributed by atoms with Gasteiger partial charge < -0.3 is 10.5 Å². The highest BCUT2D eigenvalue weighted by molar-refractivity contribution is 6.28. The second-order valence-electron chi connectivity index (χ2n) is 3.42. The summed E-state index contributed by atoms with van der Waals surface area (Å²) in [4.78, 5) is 15.5. The van der Waals surface area contributed by atoms with Gasteiger partial charge in [-0.2, -0.15) is 0 Å². The van der Waals surface area contributed by atoms with Crippen molar-refractivity contribution in [2.24, 2.45) is 10.7 Å². The van der Waals surface area contributed by atoms with Crippen LogP contribution < -0.4 is 5.73 Å². The van der Waals surface area contributed by atoms with Gasteiger partial charge in [-0.25, -0.2) is 9.79 Å². The Morgan fingerprint density at radius 3 is 2.59 bits per heavy atom. The maximum absolute atomic E-state index is 11.5. The van der Waals surface area contributed by atoms with Crippen molar-refractivity contribution in [3.63, 3.8) is 0 Å². The molecule has 0 bridgehead atoms. The van der Waals surface area contributed by atoms with Crippen molar-refractivity contribution in [2.45, 2.75) is 13.3 Å². The number of carbonyl (C=O) groups excluding carboxylic acids is 1. The number of hydrogen-bond acceptors (Lipinski definition) is 3. The van der Waals surface area contributed by atoms with E-state index in [2.05, 4.69) is 4.99 Å². The highest BCUT2D eigenvalue weighted by Gasteiger charge is 2.05. The monoisotopic (exact) mass is 254 g/mol. The van der Waals surface area contributed by atoms with Gasteiger partial charge in [0.05, 0.1) is 23.7 Å². The number of carbonyl (C=O) groups is 1. The van der Waals surface area contributed by atoms with Crippen LogP contribution in [-0.2, 0) is 4.74 Å². The maximum atomic E-state index is 11.5. The number of amidine groups is 1. The Balaban J connectivity index is 2.71. The van der Waals surface area contributed by atoms with Gasteiger partial charge >= 0.3 is 5.97 Å². The Kier molecular flexibility index (Phi) is 5.49. The Morgan fingerprint density at radius 1 is 1.41 bits per heavy atom. The van der Waals surface area contributed by atoms with Crippen molar-refractivity contribution in [3.8, 4) is 0 Å². The summed E-state index contributed by atoms with van der Waals surface area (Å²) in [6, 6.07) is 6.70. The van der Waals surface area contributed by atoms with Crippen molar-refractivity contribution in [3.05, 3.63) is 29.8 Å². The van der Waals surface area contributed by atoms with Crippen molar-refractivity contribution < 1.29 is 9.53 Å². The van der Waals surface area contributed by atoms with Gasteiger partial charge in [-0.05, 0) is 30.7 Å². The van der Waals surface area contributed by atoms with Gasteiger partial charge in [-0.1, -0.05) is 6.92 Å². The van der Waals surface area contributed by atoms with Gasteiger partial charge in [0.1, 0.15) is 5.84 Å². The molecular formula is C12H15ClN2O2. The standard InChI is InChI=1S/C12H15ClN2O2/c1-2-7-17-12(16)9-3-5-10(6-4-9)15-11(14)8-13/h3-6H,2,7-8H2,1H3,(H2,14,15). The lowest BCUT2D eigenvalue weighted by Crippen LogP contribution is -2.12. The van der Waals surface area contributed by atoms with Crippen LogP contribution in [0.4, 0.5) is 5.69 Å². The molecule has 0 radical (unpaired) electrons. The molecule has 4 nitrogen and oxygen atoms in total. The molecule has 1 aromatic rings. The minimum absolute atomic E-state index is 0.181. The molecule has 2 N–H and O–H groups in total. The zero-order valence-corrected chi connectivity index (χ0v) is 10.4. The highest BCUT2D eigenvalue weighted by atomic mass is 35.5. The summed E-state index contributed by atoms with van der Waals surface area (Å²) in [5.41, 5.74) is 6.66. The first kappa shape index (κ1) is 13.5. The second-order valence-corrected chi connectivity index (χ2v) is 3.69. The van der Waals surface area contributed by atoms with E-state index in [0.29, 0.717) is 23.7 Å². The third kappa shape index (κ3) is 4.44. The van der Waals surface area contributed by atoms with Gasteiger partial charge in [0.2, 0.25) is 0 Å². The molecule has 0 aliphatic rings. The minimum Gasteiger partial charge on any atom is -0.462 e. The second kappa shape index (κ2) is 6.91. The van der Waals surface area contributed by atoms with E-state index in [-0.39, 0.29) is 11.8 Å². The minimum atomic E-state index is -0.326. The number of rotatable bonds is 5. The maximum Gasteiger partial charge on any atom is 0.338 e. The van der Waals surface area contributed by atoms with Crippen molar-refractivity contribution in [1.82, 2.24) is 0 Å². The zero-order valence-electron chi connectivity index (χ0n) is 9.65. The van der Waals surface area contributed by atoms with Gasteiger partial charge in [0.15, 0.2) is 0 Å². The van der Waals surface area contributed by atoms with Crippen LogP contribution in [0, 0.1) is 0 Å². The van der Waals surface area contributed by atoms with Gasteiger partial charge in [-0.3, -0.25) is 0 Å². The number of esters is 1. The molecule has 0 unspecified atom stereocenters. The van der Waals surface area contributed by atoms with E-state index >= 15 is 0 Å². The quantitative estimate of drug-likeness (QED) is 0.380. The summed E-state index contributed by atoms with van der Waals surface area (Å²) in [6.07, 6.45) is 0.806. The summed E-state index contributed by atoms with van der Waals surface area (Å²) in [7, 11) is 0. The number of aliphatic imine (C=N–C) groups is 1. The SMILES string of the molecule is CCCOC(=O)c1ccc(N=C(N)CCl)cc1. The molecule has 1 aromatic carbocycles. The van der Waals surface area contributed by atoms with Crippen LogP contribution in [-0.4, -0.2) is 24.3 Å². The third-order valence-corrected chi connectivity index (χ3v) is 2.22. The van der Waals surface area contributed by atoms with Gasteiger partial charge in [0.25, 0.3) is 0 Å². The largest absolute Gasteiger partial charge is 0.462 e. The van der Waals surface area contributed by atoms with E-state index in [4.69, 9.17) is 22.1 Å². The van der Waals surface area contributed by atoms with Crippen molar-refractivity contribution in [2.75, 3.05) is 12.5 Å². The average Bonchev–Trinajstić information content (AvgIpc) is 2.36. The Labute approximate surface area is 105 Å². The van der Waals surface area contributed by atoms with Gasteiger partial charge in [0, 0.05) is 0 Å². The molecule has 0 aromatic heterocycles. The highest BCUT2D eigenvalue weighted by Crippen LogP contribution is 2.13. The number of nitrogens with two attached hydrogens (primary N) is 1. The summed E-state index contributed by atoms with van der Waals surface area (Å²) in [5, 5.41) is 0. The topological polar surface area (TPSA) is 64.7 Å². The molecule has 1 rings (SSSR count). The van der Waals surface area contributed by atoms with Crippen molar-refractivity contribution >= 4 is 29.1 Å². The van der Waals surface area contributed by atoms with Gasteiger partial charge in [-0.15, -0.1) is 11.6 Å². The molecule has 0 fully saturated rings. The van der Waals surface area contributed by atoms with Crippen LogP contribution in [0.1, 0.15) is 23.7 Å². The molecular weight excluding hydrogens is 240 g/mol. The lowest BCUT2D eigenvalue weighted by atomic mass is 10.2. The van der Waals surface area contributed by atoms with E-state index in [0.717, 1.165) is 6.42 Å². The first-order valence-electron chi connectivity index (χ1n) is 5.33. The molecule has 0 spiro atoms. The zero-order chi connectivity index (χ0) is 12.7. The van der Waals surface area contributed by atoms with Crippen LogP contribution in [0.15, 0.2) is 29.3 Å². The average molecular weight is 255 g/mol. The molecule has 0 aliphatic carbocycles. The predicted octanol–water partition coefficient (Wildman–Crippen LogP) is 2.48. The third-order valence-electron chi connectivity index (χ3n) is 1.95. The smallest absolute Gasteiger partial charge is 0.338 e. The number of benzene rings is 1. The van der Waals surface area contributed by atoms with E-state index in [9.17, 15) is 4.79 Å². The van der Waals surface area contributed by atoms with Crippen LogP contribution in [0.5, 0.6) is 0 Å². The lowest BCUT2D eigenvalue weighted by molar-refractivity contribution is 0.0505. The summed E-state index contributed by atoms with van der Waals surface area (Å²) >= 11 is 5.51. The fourth-order valence-corrected chi connectivity index (χ4v) is 1.21. The van der Waals surface area contributed by atoms with Crippen LogP contribution in [0.25, 0.3) is 0 Å². The summed E-state index contributed by atoms with van der Waals surface area (Å²) in [5.74, 6) is 0.195. The molecule has 0 atom stereocenters. The Hall–Kier alpha value is -1.55. The molecule has 0 aliphatic heterocycles. The van der Waals surface area contributed by atoms with Crippen molar-refractivity contribution in [1.29, 1.82) is 0 Å². The lowest BCUT2D eigenvalue weighted by Gasteiger charge is -2.03. The first-order valence-corrected chi connectivity index (χ1v) is 5.87. The molecule has 0 saturated carbocycles. The summed E-state index contributed by atoms with van der Waals surface area (Å²) < 4.78 is 5.00. The fraction of sp³-hybridized carbons (Fsp3) is 0.333. The number of nitrogens with zero attached hydrogens (tertiary/aromatic N) is 1. The number of alkyl halides is 1. The Bertz CT molecular complexity index is 401. The van der Waals surface area contributed by atoms with E-state index in [1.54, 1.807) is 24.3 Å².